The molecule has 1 aromatic carbocycles. The summed E-state index contributed by atoms with van der Waals surface area (Å²) in [7, 11) is 2.33. The molecular formula is C19H26N+. The van der Waals surface area contributed by atoms with Crippen LogP contribution in [0.15, 0.2) is 42.1 Å². The van der Waals surface area contributed by atoms with Gasteiger partial charge in [0.1, 0.15) is 18.4 Å². The van der Waals surface area contributed by atoms with Gasteiger partial charge in [-0.3, -0.25) is 4.48 Å². The SMILES string of the molecule is CC1=CC=C[N+](C)(c2cccc3c2C(C)CC3(C)C)C1. The molecule has 0 aromatic heterocycles. The van der Waals surface area contributed by atoms with E-state index in [0.29, 0.717) is 11.3 Å². The van der Waals surface area contributed by atoms with Gasteiger partial charge >= 0.3 is 0 Å². The van der Waals surface area contributed by atoms with E-state index in [0.717, 1.165) is 11.0 Å². The summed E-state index contributed by atoms with van der Waals surface area (Å²) in [4.78, 5) is 0. The maximum atomic E-state index is 2.39. The van der Waals surface area contributed by atoms with Gasteiger partial charge in [-0.25, -0.2) is 0 Å². The van der Waals surface area contributed by atoms with Crippen LogP contribution in [0.2, 0.25) is 0 Å². The molecule has 0 amide bonds. The van der Waals surface area contributed by atoms with E-state index < -0.39 is 0 Å². The van der Waals surface area contributed by atoms with Gasteiger partial charge in [0.05, 0.1) is 7.05 Å². The maximum absolute atomic E-state index is 2.39. The molecule has 1 aliphatic heterocycles. The molecule has 0 radical (unpaired) electrons. The first-order valence-electron chi connectivity index (χ1n) is 7.68. The summed E-state index contributed by atoms with van der Waals surface area (Å²) < 4.78 is 0.909. The molecule has 0 saturated heterocycles. The number of hydrogen-bond donors (Lipinski definition) is 0. The number of fused-ring (bicyclic) bond motifs is 1. The molecule has 2 unspecified atom stereocenters. The zero-order valence-corrected chi connectivity index (χ0v) is 13.4. The first kappa shape index (κ1) is 13.6. The van der Waals surface area contributed by atoms with Crippen molar-refractivity contribution >= 4 is 5.69 Å². The monoisotopic (exact) mass is 268 g/mol. The average molecular weight is 268 g/mol. The smallest absolute Gasteiger partial charge is 0.141 e. The van der Waals surface area contributed by atoms with E-state index in [1.54, 1.807) is 11.1 Å². The fraction of sp³-hybridized carbons (Fsp3) is 0.474. The Morgan fingerprint density at radius 1 is 1.25 bits per heavy atom. The molecule has 0 N–H and O–H groups in total. The van der Waals surface area contributed by atoms with E-state index in [9.17, 15) is 0 Å². The number of quaternary nitrogens is 1. The van der Waals surface area contributed by atoms with Crippen LogP contribution in [0, 0.1) is 0 Å². The summed E-state index contributed by atoms with van der Waals surface area (Å²) in [6.45, 7) is 10.5. The average Bonchev–Trinajstić information content (AvgIpc) is 2.60. The third-order valence-electron chi connectivity index (χ3n) is 5.05. The van der Waals surface area contributed by atoms with E-state index in [4.69, 9.17) is 0 Å². The molecule has 1 nitrogen and oxygen atoms in total. The van der Waals surface area contributed by atoms with Crippen LogP contribution in [-0.4, -0.2) is 13.6 Å². The predicted molar refractivity (Wildman–Crippen MR) is 88.0 cm³/mol. The van der Waals surface area contributed by atoms with E-state index in [1.165, 1.54) is 17.7 Å². The van der Waals surface area contributed by atoms with Crippen LogP contribution in [0.1, 0.15) is 51.2 Å². The number of nitrogens with zero attached hydrogens (tertiary/aromatic N) is 1. The summed E-state index contributed by atoms with van der Waals surface area (Å²) in [6, 6.07) is 6.92. The van der Waals surface area contributed by atoms with Crippen LogP contribution in [0.25, 0.3) is 0 Å². The Morgan fingerprint density at radius 2 is 2.00 bits per heavy atom. The van der Waals surface area contributed by atoms with Crippen molar-refractivity contribution in [3.63, 3.8) is 0 Å². The van der Waals surface area contributed by atoms with Crippen molar-refractivity contribution in [3.8, 4) is 0 Å². The lowest BCUT2D eigenvalue weighted by molar-refractivity contribution is 0.465. The highest BCUT2D eigenvalue weighted by molar-refractivity contribution is 5.62. The van der Waals surface area contributed by atoms with Gasteiger partial charge in [-0.1, -0.05) is 39.0 Å². The van der Waals surface area contributed by atoms with Crippen molar-refractivity contribution in [2.24, 2.45) is 0 Å². The standard InChI is InChI=1S/C19H26N/c1-14-8-7-11-20(5,13-14)17-10-6-9-16-18(17)15(2)12-19(16,3)4/h6-11,15H,12-13H2,1-5H3/q+1. The van der Waals surface area contributed by atoms with Gasteiger partial charge in [-0.2, -0.15) is 0 Å². The lowest BCUT2D eigenvalue weighted by atomic mass is 9.86. The van der Waals surface area contributed by atoms with Crippen molar-refractivity contribution in [2.45, 2.75) is 45.4 Å². The van der Waals surface area contributed by atoms with Crippen LogP contribution in [0.4, 0.5) is 5.69 Å². The van der Waals surface area contributed by atoms with Gasteiger partial charge in [0.15, 0.2) is 0 Å². The summed E-state index contributed by atoms with van der Waals surface area (Å²) in [5, 5.41) is 0. The quantitative estimate of drug-likeness (QED) is 0.637. The second-order valence-electron chi connectivity index (χ2n) is 7.51. The van der Waals surface area contributed by atoms with Crippen LogP contribution >= 0.6 is 0 Å². The zero-order chi connectivity index (χ0) is 14.5. The molecule has 2 aliphatic rings. The van der Waals surface area contributed by atoms with E-state index in [1.807, 2.05) is 0 Å². The first-order valence-corrected chi connectivity index (χ1v) is 7.68. The molecule has 1 heterocycles. The summed E-state index contributed by atoms with van der Waals surface area (Å²) in [5.41, 5.74) is 6.41. The molecular weight excluding hydrogens is 242 g/mol. The van der Waals surface area contributed by atoms with Crippen LogP contribution < -0.4 is 4.48 Å². The molecule has 3 rings (SSSR count). The fourth-order valence-corrected chi connectivity index (χ4v) is 4.27. The zero-order valence-electron chi connectivity index (χ0n) is 13.4. The minimum absolute atomic E-state index is 0.314. The Kier molecular flexibility index (Phi) is 2.95. The van der Waals surface area contributed by atoms with Gasteiger partial charge in [0.25, 0.3) is 0 Å². The van der Waals surface area contributed by atoms with E-state index in [2.05, 4.69) is 71.3 Å². The second-order valence-corrected chi connectivity index (χ2v) is 7.51. The molecule has 0 bridgehead atoms. The molecule has 0 saturated carbocycles. The van der Waals surface area contributed by atoms with Crippen molar-refractivity contribution < 1.29 is 0 Å². The molecule has 1 aliphatic carbocycles. The van der Waals surface area contributed by atoms with Gasteiger partial charge < -0.3 is 0 Å². The lowest BCUT2D eigenvalue weighted by Gasteiger charge is -2.34. The largest absolute Gasteiger partial charge is 0.264 e. The highest BCUT2D eigenvalue weighted by Crippen LogP contribution is 2.50. The van der Waals surface area contributed by atoms with Gasteiger partial charge in [0, 0.05) is 5.56 Å². The Morgan fingerprint density at radius 3 is 2.70 bits per heavy atom. The van der Waals surface area contributed by atoms with E-state index >= 15 is 0 Å². The van der Waals surface area contributed by atoms with Crippen LogP contribution in [0.5, 0.6) is 0 Å². The topological polar surface area (TPSA) is 0 Å². The van der Waals surface area contributed by atoms with Crippen molar-refractivity contribution in [1.82, 2.24) is 4.48 Å². The number of benzene rings is 1. The molecule has 106 valence electrons. The Labute approximate surface area is 123 Å². The fourth-order valence-electron chi connectivity index (χ4n) is 4.27. The van der Waals surface area contributed by atoms with Gasteiger partial charge in [-0.05, 0) is 48.0 Å². The van der Waals surface area contributed by atoms with Crippen LogP contribution in [-0.2, 0) is 5.41 Å². The second kappa shape index (κ2) is 4.33. The van der Waals surface area contributed by atoms with Crippen molar-refractivity contribution in [2.75, 3.05) is 13.6 Å². The lowest BCUT2D eigenvalue weighted by Crippen LogP contribution is -2.42. The van der Waals surface area contributed by atoms with Crippen molar-refractivity contribution in [3.05, 3.63) is 53.3 Å². The molecule has 0 spiro atoms. The normalized spacial score (nSPS) is 31.1. The Bertz CT molecular complexity index is 606. The van der Waals surface area contributed by atoms with E-state index in [-0.39, 0.29) is 0 Å². The molecule has 1 heteroatoms. The molecule has 1 aromatic rings. The summed E-state index contributed by atoms with van der Waals surface area (Å²) in [6.07, 6.45) is 8.04. The number of allylic oxidation sites excluding steroid dienone is 2. The molecule has 0 fully saturated rings. The van der Waals surface area contributed by atoms with Crippen molar-refractivity contribution in [1.29, 1.82) is 0 Å². The predicted octanol–water partition coefficient (Wildman–Crippen LogP) is 4.88. The van der Waals surface area contributed by atoms with Gasteiger partial charge in [0.2, 0.25) is 0 Å². The minimum atomic E-state index is 0.314. The highest BCUT2D eigenvalue weighted by Gasteiger charge is 2.40. The van der Waals surface area contributed by atoms with Gasteiger partial charge in [-0.15, -0.1) is 0 Å². The van der Waals surface area contributed by atoms with Crippen LogP contribution in [0.3, 0.4) is 0 Å². The number of rotatable bonds is 1. The Balaban J connectivity index is 2.16. The third-order valence-corrected chi connectivity index (χ3v) is 5.05. The highest BCUT2D eigenvalue weighted by atomic mass is 15.3. The Hall–Kier alpha value is -1.34. The maximum Gasteiger partial charge on any atom is 0.141 e. The third kappa shape index (κ3) is 1.96. The molecule has 20 heavy (non-hydrogen) atoms. The minimum Gasteiger partial charge on any atom is -0.264 e. The first-order chi connectivity index (χ1) is 9.33. The number of likely N-dealkylation sites (N-methyl/N-ethyl adjacent to an activating group) is 1. The molecule has 2 atom stereocenters. The number of hydrogen-bond acceptors (Lipinski definition) is 0. The summed E-state index contributed by atoms with van der Waals surface area (Å²) in [5.74, 6) is 0.658. The summed E-state index contributed by atoms with van der Waals surface area (Å²) >= 11 is 0.